The number of ether oxygens (including phenoxy) is 1. The fourth-order valence-corrected chi connectivity index (χ4v) is 3.39. The lowest BCUT2D eigenvalue weighted by Gasteiger charge is -2.40. The Morgan fingerprint density at radius 3 is 2.65 bits per heavy atom. The summed E-state index contributed by atoms with van der Waals surface area (Å²) in [7, 11) is 0. The normalized spacial score (nSPS) is 28.3. The Morgan fingerprint density at radius 1 is 1.45 bits per heavy atom. The number of likely N-dealkylation sites (tertiary alicyclic amines) is 1. The second-order valence-corrected chi connectivity index (χ2v) is 6.32. The molecule has 1 unspecified atom stereocenters. The summed E-state index contributed by atoms with van der Waals surface area (Å²) in [5.74, 6) is 0.687. The van der Waals surface area contributed by atoms with Crippen LogP contribution in [-0.4, -0.2) is 61.4 Å². The van der Waals surface area contributed by atoms with E-state index in [1.165, 1.54) is 0 Å². The van der Waals surface area contributed by atoms with Gasteiger partial charge in [-0.15, -0.1) is 0 Å². The standard InChI is InChI=1S/C15H28N2O3/c1-12(2)15(5-6-16-11-15)14(19)17-7-3-13(4-8-17)20-10-9-18/h12-13,16,18H,3-11H2,1-2H3. The van der Waals surface area contributed by atoms with Crippen molar-refractivity contribution in [1.29, 1.82) is 0 Å². The van der Waals surface area contributed by atoms with Crippen LogP contribution in [0.4, 0.5) is 0 Å². The topological polar surface area (TPSA) is 61.8 Å². The van der Waals surface area contributed by atoms with Gasteiger partial charge in [-0.05, 0) is 31.7 Å². The highest BCUT2D eigenvalue weighted by molar-refractivity contribution is 5.83. The van der Waals surface area contributed by atoms with Crippen LogP contribution in [0.1, 0.15) is 33.1 Å². The second-order valence-electron chi connectivity index (χ2n) is 6.32. The molecule has 2 heterocycles. The third kappa shape index (κ3) is 3.15. The molecule has 20 heavy (non-hydrogen) atoms. The molecule has 2 N–H and O–H groups in total. The highest BCUT2D eigenvalue weighted by atomic mass is 16.5. The van der Waals surface area contributed by atoms with Gasteiger partial charge in [-0.1, -0.05) is 13.8 Å². The number of aliphatic hydroxyl groups excluding tert-OH is 1. The first-order valence-electron chi connectivity index (χ1n) is 7.82. The lowest BCUT2D eigenvalue weighted by Crippen LogP contribution is -2.51. The van der Waals surface area contributed by atoms with E-state index < -0.39 is 0 Å². The Morgan fingerprint density at radius 2 is 2.15 bits per heavy atom. The summed E-state index contributed by atoms with van der Waals surface area (Å²) in [6.07, 6.45) is 2.91. The van der Waals surface area contributed by atoms with Gasteiger partial charge in [-0.2, -0.15) is 0 Å². The zero-order valence-corrected chi connectivity index (χ0v) is 12.7. The van der Waals surface area contributed by atoms with Gasteiger partial charge >= 0.3 is 0 Å². The van der Waals surface area contributed by atoms with Crippen molar-refractivity contribution in [2.45, 2.75) is 39.2 Å². The predicted molar refractivity (Wildman–Crippen MR) is 77.4 cm³/mol. The minimum Gasteiger partial charge on any atom is -0.394 e. The molecule has 2 aliphatic heterocycles. The maximum atomic E-state index is 12.9. The van der Waals surface area contributed by atoms with Crippen LogP contribution >= 0.6 is 0 Å². The predicted octanol–water partition coefficient (Wildman–Crippen LogP) is 0.622. The zero-order valence-electron chi connectivity index (χ0n) is 12.7. The number of carbonyl (C=O) groups is 1. The number of amides is 1. The maximum Gasteiger partial charge on any atom is 0.230 e. The number of hydrogen-bond donors (Lipinski definition) is 2. The first-order valence-corrected chi connectivity index (χ1v) is 7.82. The van der Waals surface area contributed by atoms with Crippen molar-refractivity contribution < 1.29 is 14.6 Å². The average Bonchev–Trinajstić information content (AvgIpc) is 2.96. The molecule has 0 bridgehead atoms. The van der Waals surface area contributed by atoms with Crippen LogP contribution in [0.25, 0.3) is 0 Å². The number of rotatable bonds is 5. The Labute approximate surface area is 121 Å². The molecule has 0 aromatic carbocycles. The molecule has 1 amide bonds. The first-order chi connectivity index (χ1) is 9.60. The summed E-state index contributed by atoms with van der Waals surface area (Å²) in [4.78, 5) is 14.9. The van der Waals surface area contributed by atoms with Crippen molar-refractivity contribution in [2.24, 2.45) is 11.3 Å². The Kier molecular flexibility index (Phi) is 5.41. The first kappa shape index (κ1) is 15.7. The van der Waals surface area contributed by atoms with Crippen LogP contribution in [0.2, 0.25) is 0 Å². The number of carbonyl (C=O) groups excluding carboxylic acids is 1. The van der Waals surface area contributed by atoms with Crippen LogP contribution in [0.15, 0.2) is 0 Å². The SMILES string of the molecule is CC(C)C1(C(=O)N2CCC(OCCO)CC2)CCNC1. The van der Waals surface area contributed by atoms with Gasteiger partial charge in [0.05, 0.1) is 24.7 Å². The minimum absolute atomic E-state index is 0.0707. The van der Waals surface area contributed by atoms with Gasteiger partial charge in [0, 0.05) is 19.6 Å². The minimum atomic E-state index is -0.210. The molecule has 0 saturated carbocycles. The molecular weight excluding hydrogens is 256 g/mol. The van der Waals surface area contributed by atoms with E-state index in [0.717, 1.165) is 45.4 Å². The van der Waals surface area contributed by atoms with Gasteiger partial charge in [-0.3, -0.25) is 4.79 Å². The van der Waals surface area contributed by atoms with E-state index in [9.17, 15) is 4.79 Å². The van der Waals surface area contributed by atoms with Crippen LogP contribution in [0.3, 0.4) is 0 Å². The molecule has 0 aromatic rings. The zero-order chi connectivity index (χ0) is 14.6. The molecule has 2 fully saturated rings. The van der Waals surface area contributed by atoms with Gasteiger partial charge in [0.2, 0.25) is 5.91 Å². The summed E-state index contributed by atoms with van der Waals surface area (Å²) < 4.78 is 5.56. The fourth-order valence-electron chi connectivity index (χ4n) is 3.39. The number of aliphatic hydroxyl groups is 1. The number of piperidine rings is 1. The molecule has 5 nitrogen and oxygen atoms in total. The summed E-state index contributed by atoms with van der Waals surface area (Å²) in [6, 6.07) is 0. The molecule has 5 heteroatoms. The van der Waals surface area contributed by atoms with Gasteiger partial charge in [0.1, 0.15) is 0 Å². The van der Waals surface area contributed by atoms with Crippen LogP contribution in [0, 0.1) is 11.3 Å². The summed E-state index contributed by atoms with van der Waals surface area (Å²) in [5.41, 5.74) is -0.210. The van der Waals surface area contributed by atoms with Gasteiger partial charge in [0.15, 0.2) is 0 Å². The average molecular weight is 284 g/mol. The molecule has 2 aliphatic rings. The van der Waals surface area contributed by atoms with Crippen LogP contribution in [-0.2, 0) is 9.53 Å². The summed E-state index contributed by atoms with van der Waals surface area (Å²) in [6.45, 7) is 8.10. The number of nitrogens with one attached hydrogen (secondary N) is 1. The smallest absolute Gasteiger partial charge is 0.230 e. The molecule has 116 valence electrons. The summed E-state index contributed by atoms with van der Waals surface area (Å²) >= 11 is 0. The third-order valence-electron chi connectivity index (χ3n) is 4.89. The molecule has 0 aromatic heterocycles. The lowest BCUT2D eigenvalue weighted by atomic mass is 9.75. The molecule has 2 saturated heterocycles. The van der Waals surface area contributed by atoms with E-state index in [1.54, 1.807) is 0 Å². The van der Waals surface area contributed by atoms with E-state index in [0.29, 0.717) is 18.4 Å². The van der Waals surface area contributed by atoms with E-state index in [4.69, 9.17) is 9.84 Å². The van der Waals surface area contributed by atoms with Gasteiger partial charge in [-0.25, -0.2) is 0 Å². The fraction of sp³-hybridized carbons (Fsp3) is 0.933. The monoisotopic (exact) mass is 284 g/mol. The van der Waals surface area contributed by atoms with Crippen LogP contribution in [0.5, 0.6) is 0 Å². The molecule has 1 atom stereocenters. The molecule has 0 radical (unpaired) electrons. The largest absolute Gasteiger partial charge is 0.394 e. The number of nitrogens with zero attached hydrogens (tertiary/aromatic N) is 1. The highest BCUT2D eigenvalue weighted by Crippen LogP contribution is 2.37. The molecule has 0 spiro atoms. The highest BCUT2D eigenvalue weighted by Gasteiger charge is 2.46. The quantitative estimate of drug-likeness (QED) is 0.777. The Balaban J connectivity index is 1.91. The van der Waals surface area contributed by atoms with E-state index >= 15 is 0 Å². The second kappa shape index (κ2) is 6.87. The maximum absolute atomic E-state index is 12.9. The molecule has 2 rings (SSSR count). The van der Waals surface area contributed by atoms with E-state index in [1.807, 2.05) is 4.90 Å². The van der Waals surface area contributed by atoms with Crippen LogP contribution < -0.4 is 5.32 Å². The van der Waals surface area contributed by atoms with Gasteiger partial charge in [0.25, 0.3) is 0 Å². The molecular formula is C15H28N2O3. The third-order valence-corrected chi connectivity index (χ3v) is 4.89. The van der Waals surface area contributed by atoms with E-state index in [-0.39, 0.29) is 18.1 Å². The van der Waals surface area contributed by atoms with Crippen molar-refractivity contribution in [3.63, 3.8) is 0 Å². The van der Waals surface area contributed by atoms with Crippen molar-refractivity contribution in [3.05, 3.63) is 0 Å². The van der Waals surface area contributed by atoms with E-state index in [2.05, 4.69) is 19.2 Å². The van der Waals surface area contributed by atoms with Gasteiger partial charge < -0.3 is 20.1 Å². The number of hydrogen-bond acceptors (Lipinski definition) is 4. The Hall–Kier alpha value is -0.650. The van der Waals surface area contributed by atoms with Crippen molar-refractivity contribution in [3.8, 4) is 0 Å². The summed E-state index contributed by atoms with van der Waals surface area (Å²) in [5, 5.41) is 12.1. The van der Waals surface area contributed by atoms with Crippen molar-refractivity contribution >= 4 is 5.91 Å². The lowest BCUT2D eigenvalue weighted by molar-refractivity contribution is -0.146. The van der Waals surface area contributed by atoms with Crippen molar-refractivity contribution in [1.82, 2.24) is 10.2 Å². The van der Waals surface area contributed by atoms with Crippen molar-refractivity contribution in [2.75, 3.05) is 39.4 Å². The Bertz CT molecular complexity index is 319. The molecule has 0 aliphatic carbocycles.